The fourth-order valence-corrected chi connectivity index (χ4v) is 0.885. The summed E-state index contributed by atoms with van der Waals surface area (Å²) >= 11 is 0. The lowest BCUT2D eigenvalue weighted by atomic mass is 10.4. The molecule has 0 unspecified atom stereocenters. The zero-order valence-corrected chi connectivity index (χ0v) is 6.40. The number of aromatic amines is 1. The average molecular weight is 165 g/mol. The van der Waals surface area contributed by atoms with Gasteiger partial charge in [0.05, 0.1) is 6.33 Å². The number of nitrogens with one attached hydrogen (secondary N) is 1. The summed E-state index contributed by atoms with van der Waals surface area (Å²) in [7, 11) is 0. The molecule has 0 aliphatic heterocycles. The van der Waals surface area contributed by atoms with Gasteiger partial charge in [-0.2, -0.15) is 4.98 Å². The molecule has 3 N–H and O–H groups in total. The Kier molecular flexibility index (Phi) is 1.33. The molecule has 0 amide bonds. The highest BCUT2D eigenvalue weighted by Gasteiger charge is 2.10. The number of aryl methyl sites for hydroxylation is 1. The first kappa shape index (κ1) is 6.84. The molecule has 0 bridgehead atoms. The summed E-state index contributed by atoms with van der Waals surface area (Å²) in [6.07, 6.45) is 1.48. The topological polar surface area (TPSA) is 93.6 Å². The molecule has 0 spiro atoms. The highest BCUT2D eigenvalue weighted by Crippen LogP contribution is 2.17. The standard InChI is InChI=1S/C6H7N5O/c1-3-10-6(11-12-3)4-5(7)9-2-8-4/h2H,7H2,1H3,(H,8,9). The van der Waals surface area contributed by atoms with Crippen molar-refractivity contribution in [2.24, 2.45) is 0 Å². The van der Waals surface area contributed by atoms with Crippen molar-refractivity contribution in [2.45, 2.75) is 6.92 Å². The van der Waals surface area contributed by atoms with Crippen LogP contribution in [0.5, 0.6) is 0 Å². The molecular formula is C6H7N5O. The van der Waals surface area contributed by atoms with Gasteiger partial charge in [-0.15, -0.1) is 0 Å². The van der Waals surface area contributed by atoms with Gasteiger partial charge in [-0.05, 0) is 0 Å². The molecule has 6 heteroatoms. The van der Waals surface area contributed by atoms with Gasteiger partial charge in [0.15, 0.2) is 5.82 Å². The number of rotatable bonds is 1. The van der Waals surface area contributed by atoms with E-state index in [1.165, 1.54) is 6.33 Å². The normalized spacial score (nSPS) is 10.4. The number of anilines is 1. The number of hydrogen-bond acceptors (Lipinski definition) is 5. The van der Waals surface area contributed by atoms with Crippen LogP contribution in [0.4, 0.5) is 5.82 Å². The van der Waals surface area contributed by atoms with E-state index in [4.69, 9.17) is 10.3 Å². The largest absolute Gasteiger partial charge is 0.382 e. The fraction of sp³-hybridized carbons (Fsp3) is 0.167. The SMILES string of the molecule is Cc1nc(-c2[nH]cnc2N)no1. The van der Waals surface area contributed by atoms with E-state index in [-0.39, 0.29) is 0 Å². The molecule has 2 aromatic heterocycles. The van der Waals surface area contributed by atoms with Crippen LogP contribution in [-0.4, -0.2) is 20.1 Å². The van der Waals surface area contributed by atoms with Crippen molar-refractivity contribution in [1.82, 2.24) is 20.1 Å². The third kappa shape index (κ3) is 0.931. The molecule has 2 rings (SSSR count). The van der Waals surface area contributed by atoms with Crippen LogP contribution in [0.2, 0.25) is 0 Å². The van der Waals surface area contributed by atoms with Gasteiger partial charge in [-0.3, -0.25) is 0 Å². The summed E-state index contributed by atoms with van der Waals surface area (Å²) < 4.78 is 4.78. The molecule has 6 nitrogen and oxygen atoms in total. The highest BCUT2D eigenvalue weighted by atomic mass is 16.5. The second-order valence-electron chi connectivity index (χ2n) is 2.30. The molecule has 0 aromatic carbocycles. The van der Waals surface area contributed by atoms with Crippen molar-refractivity contribution in [1.29, 1.82) is 0 Å². The summed E-state index contributed by atoms with van der Waals surface area (Å²) in [5.41, 5.74) is 6.11. The van der Waals surface area contributed by atoms with Crippen molar-refractivity contribution >= 4 is 5.82 Å². The summed E-state index contributed by atoms with van der Waals surface area (Å²) in [5.74, 6) is 1.30. The van der Waals surface area contributed by atoms with Gasteiger partial charge >= 0.3 is 0 Å². The quantitative estimate of drug-likeness (QED) is 0.635. The van der Waals surface area contributed by atoms with Crippen molar-refractivity contribution in [3.05, 3.63) is 12.2 Å². The molecule has 0 aliphatic rings. The van der Waals surface area contributed by atoms with Crippen LogP contribution < -0.4 is 5.73 Å². The first-order chi connectivity index (χ1) is 5.77. The van der Waals surface area contributed by atoms with Gasteiger partial charge in [0.25, 0.3) is 0 Å². The number of nitrogens with two attached hydrogens (primary N) is 1. The van der Waals surface area contributed by atoms with Gasteiger partial charge < -0.3 is 15.2 Å². The first-order valence-corrected chi connectivity index (χ1v) is 3.37. The van der Waals surface area contributed by atoms with Crippen LogP contribution in [0.25, 0.3) is 11.5 Å². The van der Waals surface area contributed by atoms with E-state index in [0.717, 1.165) is 0 Å². The summed E-state index contributed by atoms with van der Waals surface area (Å²) in [4.78, 5) is 10.6. The van der Waals surface area contributed by atoms with Crippen molar-refractivity contribution < 1.29 is 4.52 Å². The Morgan fingerprint density at radius 1 is 1.58 bits per heavy atom. The highest BCUT2D eigenvalue weighted by molar-refractivity contribution is 5.62. The lowest BCUT2D eigenvalue weighted by Gasteiger charge is -1.87. The molecule has 0 saturated carbocycles. The van der Waals surface area contributed by atoms with Crippen LogP contribution in [-0.2, 0) is 0 Å². The van der Waals surface area contributed by atoms with Gasteiger partial charge in [-0.25, -0.2) is 4.98 Å². The number of imidazole rings is 1. The second kappa shape index (κ2) is 2.33. The van der Waals surface area contributed by atoms with Gasteiger partial charge in [0.2, 0.25) is 11.7 Å². The van der Waals surface area contributed by atoms with Crippen molar-refractivity contribution in [3.63, 3.8) is 0 Å². The van der Waals surface area contributed by atoms with Crippen LogP contribution in [0, 0.1) is 6.92 Å². The van der Waals surface area contributed by atoms with E-state index in [1.807, 2.05) is 0 Å². The minimum atomic E-state index is 0.371. The Labute approximate surface area is 67.8 Å². The summed E-state index contributed by atoms with van der Waals surface area (Å²) in [5, 5.41) is 3.68. The van der Waals surface area contributed by atoms with Crippen molar-refractivity contribution in [2.75, 3.05) is 5.73 Å². The smallest absolute Gasteiger partial charge is 0.223 e. The van der Waals surface area contributed by atoms with Gasteiger partial charge in [0.1, 0.15) is 5.69 Å². The summed E-state index contributed by atoms with van der Waals surface area (Å²) in [6.45, 7) is 1.71. The number of nitrogens with zero attached hydrogens (tertiary/aromatic N) is 3. The monoisotopic (exact) mass is 165 g/mol. The molecule has 2 aromatic rings. The van der Waals surface area contributed by atoms with E-state index >= 15 is 0 Å². The Bertz CT molecular complexity index is 390. The first-order valence-electron chi connectivity index (χ1n) is 3.37. The van der Waals surface area contributed by atoms with Crippen LogP contribution in [0.15, 0.2) is 10.9 Å². The molecule has 0 aliphatic carbocycles. The maximum absolute atomic E-state index is 5.52. The molecule has 0 saturated heterocycles. The minimum Gasteiger partial charge on any atom is -0.382 e. The van der Waals surface area contributed by atoms with Crippen LogP contribution in [0.3, 0.4) is 0 Å². The Morgan fingerprint density at radius 2 is 2.42 bits per heavy atom. The van der Waals surface area contributed by atoms with Gasteiger partial charge in [-0.1, -0.05) is 5.16 Å². The lowest BCUT2D eigenvalue weighted by Crippen LogP contribution is -1.89. The molecule has 0 fully saturated rings. The van der Waals surface area contributed by atoms with E-state index in [0.29, 0.717) is 23.2 Å². The zero-order chi connectivity index (χ0) is 8.55. The summed E-state index contributed by atoms with van der Waals surface area (Å²) in [6, 6.07) is 0. The Balaban J connectivity index is 2.50. The zero-order valence-electron chi connectivity index (χ0n) is 6.40. The Hall–Kier alpha value is -1.85. The van der Waals surface area contributed by atoms with E-state index in [2.05, 4.69) is 20.1 Å². The number of H-pyrrole nitrogens is 1. The maximum atomic E-state index is 5.52. The van der Waals surface area contributed by atoms with Crippen LogP contribution >= 0.6 is 0 Å². The van der Waals surface area contributed by atoms with Gasteiger partial charge in [0, 0.05) is 6.92 Å². The molecule has 12 heavy (non-hydrogen) atoms. The minimum absolute atomic E-state index is 0.371. The van der Waals surface area contributed by atoms with Crippen molar-refractivity contribution in [3.8, 4) is 11.5 Å². The predicted molar refractivity (Wildman–Crippen MR) is 41.0 cm³/mol. The number of nitrogen functional groups attached to an aromatic ring is 1. The molecule has 0 radical (unpaired) electrons. The average Bonchev–Trinajstić information content (AvgIpc) is 2.58. The fourth-order valence-electron chi connectivity index (χ4n) is 0.885. The third-order valence-corrected chi connectivity index (χ3v) is 1.42. The third-order valence-electron chi connectivity index (χ3n) is 1.42. The molecular weight excluding hydrogens is 158 g/mol. The molecule has 0 atom stereocenters. The van der Waals surface area contributed by atoms with E-state index < -0.39 is 0 Å². The number of aromatic nitrogens is 4. The Morgan fingerprint density at radius 3 is 2.92 bits per heavy atom. The number of hydrogen-bond donors (Lipinski definition) is 2. The van der Waals surface area contributed by atoms with E-state index in [1.54, 1.807) is 6.92 Å². The predicted octanol–water partition coefficient (Wildman–Crippen LogP) is 0.350. The lowest BCUT2D eigenvalue weighted by molar-refractivity contribution is 0.394. The molecule has 62 valence electrons. The van der Waals surface area contributed by atoms with E-state index in [9.17, 15) is 0 Å². The maximum Gasteiger partial charge on any atom is 0.223 e. The van der Waals surface area contributed by atoms with Crippen LogP contribution in [0.1, 0.15) is 5.89 Å². The molecule has 2 heterocycles. The second-order valence-corrected chi connectivity index (χ2v) is 2.30.